The molecule has 2 unspecified atom stereocenters. The third-order valence-corrected chi connectivity index (χ3v) is 4.59. The highest BCUT2D eigenvalue weighted by Crippen LogP contribution is 2.44. The van der Waals surface area contributed by atoms with E-state index in [1.165, 1.54) is 12.8 Å². The Balaban J connectivity index is 2.78. The molecule has 18 heavy (non-hydrogen) atoms. The zero-order chi connectivity index (χ0) is 13.5. The molecule has 0 saturated heterocycles. The molecule has 0 radical (unpaired) electrons. The van der Waals surface area contributed by atoms with Gasteiger partial charge in [0.2, 0.25) is 0 Å². The predicted molar refractivity (Wildman–Crippen MR) is 75.6 cm³/mol. The molecule has 0 heterocycles. The largest absolute Gasteiger partial charge is 0.481 e. The molecule has 0 aromatic carbocycles. The van der Waals surface area contributed by atoms with Gasteiger partial charge in [0.1, 0.15) is 0 Å². The lowest BCUT2D eigenvalue weighted by atomic mass is 9.64. The number of carboxylic acids is 1. The quantitative estimate of drug-likeness (QED) is 0.713. The van der Waals surface area contributed by atoms with E-state index in [1.54, 1.807) is 0 Å². The van der Waals surface area contributed by atoms with Crippen molar-refractivity contribution in [3.63, 3.8) is 0 Å². The normalized spacial score (nSPS) is 32.4. The highest BCUT2D eigenvalue weighted by Gasteiger charge is 2.40. The standard InChI is InChI=1S/C16H30O2/c1-4-7-12-10-13(8-5-2)15(16(17)18)14(11-12)9-6-3/h12-15H,4-11H2,1-3H3,(H,17,18). The van der Waals surface area contributed by atoms with Crippen molar-refractivity contribution in [2.45, 2.75) is 72.1 Å². The Hall–Kier alpha value is -0.530. The maximum Gasteiger partial charge on any atom is 0.307 e. The van der Waals surface area contributed by atoms with E-state index < -0.39 is 5.97 Å². The van der Waals surface area contributed by atoms with Gasteiger partial charge < -0.3 is 5.11 Å². The van der Waals surface area contributed by atoms with Crippen LogP contribution in [-0.2, 0) is 4.79 Å². The van der Waals surface area contributed by atoms with Crippen LogP contribution in [0.3, 0.4) is 0 Å². The van der Waals surface area contributed by atoms with Gasteiger partial charge in [0.05, 0.1) is 5.92 Å². The van der Waals surface area contributed by atoms with Crippen molar-refractivity contribution in [2.24, 2.45) is 23.7 Å². The van der Waals surface area contributed by atoms with E-state index in [-0.39, 0.29) is 5.92 Å². The van der Waals surface area contributed by atoms with E-state index in [0.29, 0.717) is 11.8 Å². The van der Waals surface area contributed by atoms with Crippen LogP contribution in [0, 0.1) is 23.7 Å². The van der Waals surface area contributed by atoms with Gasteiger partial charge in [-0.05, 0) is 43.4 Å². The van der Waals surface area contributed by atoms with Gasteiger partial charge >= 0.3 is 5.97 Å². The molecule has 1 rings (SSSR count). The molecule has 2 nitrogen and oxygen atoms in total. The van der Waals surface area contributed by atoms with Crippen LogP contribution in [0.25, 0.3) is 0 Å². The van der Waals surface area contributed by atoms with Gasteiger partial charge in [-0.25, -0.2) is 0 Å². The molecule has 0 aliphatic heterocycles. The first-order valence-corrected chi connectivity index (χ1v) is 7.86. The summed E-state index contributed by atoms with van der Waals surface area (Å²) in [5.41, 5.74) is 0. The van der Waals surface area contributed by atoms with Crippen LogP contribution in [0.15, 0.2) is 0 Å². The Kier molecular flexibility index (Phi) is 6.73. The molecule has 0 bridgehead atoms. The lowest BCUT2D eigenvalue weighted by Crippen LogP contribution is -2.38. The molecule has 0 amide bonds. The fourth-order valence-corrected chi connectivity index (χ4v) is 4.01. The van der Waals surface area contributed by atoms with Gasteiger partial charge in [0.15, 0.2) is 0 Å². The first-order valence-electron chi connectivity index (χ1n) is 7.86. The third kappa shape index (κ3) is 4.00. The fourth-order valence-electron chi connectivity index (χ4n) is 4.01. The van der Waals surface area contributed by atoms with Crippen LogP contribution in [0.5, 0.6) is 0 Å². The van der Waals surface area contributed by atoms with Crippen molar-refractivity contribution in [1.82, 2.24) is 0 Å². The van der Waals surface area contributed by atoms with Crippen molar-refractivity contribution in [2.75, 3.05) is 0 Å². The first-order chi connectivity index (χ1) is 8.63. The summed E-state index contributed by atoms with van der Waals surface area (Å²) in [5.74, 6) is 1.02. The number of hydrogen-bond acceptors (Lipinski definition) is 1. The molecule has 2 atom stereocenters. The minimum absolute atomic E-state index is 0.0713. The minimum atomic E-state index is -0.540. The average Bonchev–Trinajstić information content (AvgIpc) is 2.29. The second-order valence-corrected chi connectivity index (χ2v) is 6.09. The van der Waals surface area contributed by atoms with Gasteiger partial charge in [-0.15, -0.1) is 0 Å². The van der Waals surface area contributed by atoms with E-state index in [0.717, 1.165) is 44.4 Å². The molecule has 1 saturated carbocycles. The molecule has 1 aliphatic carbocycles. The first kappa shape index (κ1) is 15.5. The van der Waals surface area contributed by atoms with Gasteiger partial charge in [-0.2, -0.15) is 0 Å². The SMILES string of the molecule is CCCC1CC(CCC)C(C(=O)O)C(CCC)C1. The Labute approximate surface area is 112 Å². The molecule has 1 aliphatic rings. The number of rotatable bonds is 7. The smallest absolute Gasteiger partial charge is 0.307 e. The maximum atomic E-state index is 11.6. The summed E-state index contributed by atoms with van der Waals surface area (Å²) < 4.78 is 0. The van der Waals surface area contributed by atoms with Gasteiger partial charge in [-0.1, -0.05) is 46.5 Å². The molecule has 0 aromatic heterocycles. The number of hydrogen-bond donors (Lipinski definition) is 1. The summed E-state index contributed by atoms with van der Waals surface area (Å²) in [6, 6.07) is 0. The predicted octanol–water partition coefficient (Wildman–Crippen LogP) is 4.73. The van der Waals surface area contributed by atoms with Crippen molar-refractivity contribution < 1.29 is 9.90 Å². The van der Waals surface area contributed by atoms with Crippen molar-refractivity contribution in [3.05, 3.63) is 0 Å². The van der Waals surface area contributed by atoms with E-state index in [1.807, 2.05) is 0 Å². The Morgan fingerprint density at radius 2 is 1.39 bits per heavy atom. The van der Waals surface area contributed by atoms with Crippen molar-refractivity contribution in [3.8, 4) is 0 Å². The zero-order valence-corrected chi connectivity index (χ0v) is 12.3. The Morgan fingerprint density at radius 1 is 0.944 bits per heavy atom. The Morgan fingerprint density at radius 3 is 1.72 bits per heavy atom. The van der Waals surface area contributed by atoms with E-state index >= 15 is 0 Å². The summed E-state index contributed by atoms with van der Waals surface area (Å²) in [6.45, 7) is 6.60. The van der Waals surface area contributed by atoms with E-state index in [9.17, 15) is 9.90 Å². The fraction of sp³-hybridized carbons (Fsp3) is 0.938. The summed E-state index contributed by atoms with van der Waals surface area (Å²) in [4.78, 5) is 11.6. The molecule has 1 fully saturated rings. The number of carboxylic acid groups (broad SMARTS) is 1. The molecule has 106 valence electrons. The zero-order valence-electron chi connectivity index (χ0n) is 12.3. The van der Waals surface area contributed by atoms with Crippen LogP contribution in [-0.4, -0.2) is 11.1 Å². The maximum absolute atomic E-state index is 11.6. The van der Waals surface area contributed by atoms with Gasteiger partial charge in [-0.3, -0.25) is 4.79 Å². The highest BCUT2D eigenvalue weighted by atomic mass is 16.4. The van der Waals surface area contributed by atoms with Crippen molar-refractivity contribution >= 4 is 5.97 Å². The highest BCUT2D eigenvalue weighted by molar-refractivity contribution is 5.71. The number of carbonyl (C=O) groups is 1. The molecule has 1 N–H and O–H groups in total. The van der Waals surface area contributed by atoms with E-state index in [4.69, 9.17) is 0 Å². The van der Waals surface area contributed by atoms with Crippen LogP contribution in [0.4, 0.5) is 0 Å². The summed E-state index contributed by atoms with van der Waals surface area (Å²) >= 11 is 0. The third-order valence-electron chi connectivity index (χ3n) is 4.59. The minimum Gasteiger partial charge on any atom is -0.481 e. The second kappa shape index (κ2) is 7.81. The van der Waals surface area contributed by atoms with Crippen LogP contribution in [0.1, 0.15) is 72.1 Å². The molecule has 0 aromatic rings. The van der Waals surface area contributed by atoms with Gasteiger partial charge in [0.25, 0.3) is 0 Å². The number of aliphatic carboxylic acids is 1. The average molecular weight is 254 g/mol. The lowest BCUT2D eigenvalue weighted by molar-refractivity contribution is -0.148. The summed E-state index contributed by atoms with van der Waals surface area (Å²) in [6.07, 6.45) is 9.25. The van der Waals surface area contributed by atoms with Crippen LogP contribution < -0.4 is 0 Å². The monoisotopic (exact) mass is 254 g/mol. The molecular formula is C16H30O2. The van der Waals surface area contributed by atoms with Gasteiger partial charge in [0, 0.05) is 0 Å². The van der Waals surface area contributed by atoms with Crippen LogP contribution >= 0.6 is 0 Å². The van der Waals surface area contributed by atoms with Crippen LogP contribution in [0.2, 0.25) is 0 Å². The second-order valence-electron chi connectivity index (χ2n) is 6.09. The topological polar surface area (TPSA) is 37.3 Å². The molecular weight excluding hydrogens is 224 g/mol. The summed E-state index contributed by atoms with van der Waals surface area (Å²) in [5, 5.41) is 9.55. The van der Waals surface area contributed by atoms with E-state index in [2.05, 4.69) is 20.8 Å². The lowest BCUT2D eigenvalue weighted by Gasteiger charge is -2.40. The Bertz CT molecular complexity index is 233. The van der Waals surface area contributed by atoms with Crippen molar-refractivity contribution in [1.29, 1.82) is 0 Å². The molecule has 2 heteroatoms. The summed E-state index contributed by atoms with van der Waals surface area (Å²) in [7, 11) is 0. The molecule has 0 spiro atoms.